The zero-order valence-electron chi connectivity index (χ0n) is 10.4. The van der Waals surface area contributed by atoms with E-state index in [2.05, 4.69) is 22.0 Å². The van der Waals surface area contributed by atoms with Gasteiger partial charge in [0.15, 0.2) is 0 Å². The third-order valence-corrected chi connectivity index (χ3v) is 4.44. The number of nitrogens with zero attached hydrogens (tertiary/aromatic N) is 3. The fourth-order valence-corrected chi connectivity index (χ4v) is 3.48. The summed E-state index contributed by atoms with van der Waals surface area (Å²) in [6, 6.07) is 0. The molecule has 1 aliphatic rings. The van der Waals surface area contributed by atoms with E-state index in [4.69, 9.17) is 11.6 Å². The molecule has 1 saturated heterocycles. The largest absolute Gasteiger partial charge is 0.297 e. The van der Waals surface area contributed by atoms with Gasteiger partial charge in [-0.25, -0.2) is 0 Å². The highest BCUT2D eigenvalue weighted by atomic mass is 35.5. The van der Waals surface area contributed by atoms with Gasteiger partial charge in [-0.2, -0.15) is 0 Å². The van der Waals surface area contributed by atoms with E-state index in [0.717, 1.165) is 17.5 Å². The second-order valence-corrected chi connectivity index (χ2v) is 6.45. The Labute approximate surface area is 112 Å². The van der Waals surface area contributed by atoms with E-state index in [1.807, 2.05) is 0 Å². The Morgan fingerprint density at radius 2 is 2.24 bits per heavy atom. The van der Waals surface area contributed by atoms with Crippen LogP contribution in [0.3, 0.4) is 0 Å². The second-order valence-electron chi connectivity index (χ2n) is 4.81. The minimum Gasteiger partial charge on any atom is -0.297 e. The normalized spacial score (nSPS) is 22.6. The Morgan fingerprint density at radius 3 is 2.94 bits per heavy atom. The minimum atomic E-state index is 0.554. The Bertz CT molecular complexity index is 342. The molecule has 0 saturated carbocycles. The predicted molar refractivity (Wildman–Crippen MR) is 72.4 cm³/mol. The summed E-state index contributed by atoms with van der Waals surface area (Å²) in [7, 11) is 0. The first-order valence-electron chi connectivity index (χ1n) is 6.48. The van der Waals surface area contributed by atoms with Gasteiger partial charge in [0.25, 0.3) is 0 Å². The minimum absolute atomic E-state index is 0.554. The van der Waals surface area contributed by atoms with Crippen molar-refractivity contribution in [3.05, 3.63) is 9.47 Å². The summed E-state index contributed by atoms with van der Waals surface area (Å²) in [6.07, 6.45) is 6.74. The molecule has 0 aliphatic carbocycles. The van der Waals surface area contributed by atoms with Crippen LogP contribution >= 0.6 is 22.9 Å². The molecule has 0 radical (unpaired) electrons. The van der Waals surface area contributed by atoms with Crippen LogP contribution in [0.1, 0.15) is 44.0 Å². The van der Waals surface area contributed by atoms with E-state index in [1.54, 1.807) is 0 Å². The summed E-state index contributed by atoms with van der Waals surface area (Å²) in [4.78, 5) is 2.49. The summed E-state index contributed by atoms with van der Waals surface area (Å²) in [5.41, 5.74) is 0. The first-order valence-corrected chi connectivity index (χ1v) is 7.67. The van der Waals surface area contributed by atoms with Crippen molar-refractivity contribution in [2.75, 3.05) is 13.1 Å². The maximum atomic E-state index is 5.80. The van der Waals surface area contributed by atoms with Crippen molar-refractivity contribution in [3.63, 3.8) is 0 Å². The predicted octanol–water partition coefficient (Wildman–Crippen LogP) is 3.59. The van der Waals surface area contributed by atoms with Crippen molar-refractivity contribution in [3.8, 4) is 0 Å². The molecule has 0 amide bonds. The fourth-order valence-electron chi connectivity index (χ4n) is 2.57. The smallest absolute Gasteiger partial charge is 0.207 e. The first kappa shape index (κ1) is 13.2. The zero-order valence-corrected chi connectivity index (χ0v) is 11.9. The van der Waals surface area contributed by atoms with E-state index in [-0.39, 0.29) is 0 Å². The standard InChI is InChI=1S/C12H20ClN3S/c1-2-4-10-5-3-7-16(8-6-10)9-11-14-15-12(13)17-11/h10H,2-9H2,1H3. The number of hydrogen-bond donors (Lipinski definition) is 0. The number of aromatic nitrogens is 2. The molecule has 1 atom stereocenters. The van der Waals surface area contributed by atoms with Crippen molar-refractivity contribution >= 4 is 22.9 Å². The molecule has 0 N–H and O–H groups in total. The molecule has 0 bridgehead atoms. The molecule has 0 aromatic carbocycles. The van der Waals surface area contributed by atoms with Gasteiger partial charge in [0.05, 0.1) is 6.54 Å². The number of rotatable bonds is 4. The van der Waals surface area contributed by atoms with Crippen LogP contribution in [0.2, 0.25) is 4.47 Å². The molecule has 3 nitrogen and oxygen atoms in total. The van der Waals surface area contributed by atoms with Gasteiger partial charge in [-0.05, 0) is 49.9 Å². The van der Waals surface area contributed by atoms with Crippen LogP contribution in [0.25, 0.3) is 0 Å². The van der Waals surface area contributed by atoms with Crippen LogP contribution in [-0.2, 0) is 6.54 Å². The zero-order chi connectivity index (χ0) is 12.1. The van der Waals surface area contributed by atoms with Gasteiger partial charge in [-0.15, -0.1) is 10.2 Å². The molecule has 5 heteroatoms. The number of hydrogen-bond acceptors (Lipinski definition) is 4. The van der Waals surface area contributed by atoms with Gasteiger partial charge in [0.1, 0.15) is 5.01 Å². The Morgan fingerprint density at radius 1 is 1.35 bits per heavy atom. The maximum Gasteiger partial charge on any atom is 0.207 e. The van der Waals surface area contributed by atoms with Gasteiger partial charge >= 0.3 is 0 Å². The first-order chi connectivity index (χ1) is 8.28. The van der Waals surface area contributed by atoms with Crippen LogP contribution in [0, 0.1) is 5.92 Å². The number of halogens is 1. The lowest BCUT2D eigenvalue weighted by Crippen LogP contribution is -2.24. The van der Waals surface area contributed by atoms with Gasteiger partial charge in [-0.1, -0.05) is 31.1 Å². The van der Waals surface area contributed by atoms with Crippen LogP contribution in [0.15, 0.2) is 0 Å². The lowest BCUT2D eigenvalue weighted by molar-refractivity contribution is 0.270. The molecule has 96 valence electrons. The monoisotopic (exact) mass is 273 g/mol. The van der Waals surface area contributed by atoms with Crippen molar-refractivity contribution in [1.82, 2.24) is 15.1 Å². The molecule has 1 aliphatic heterocycles. The highest BCUT2D eigenvalue weighted by Gasteiger charge is 2.17. The average molecular weight is 274 g/mol. The Hall–Kier alpha value is -0.190. The van der Waals surface area contributed by atoms with Crippen LogP contribution in [0.4, 0.5) is 0 Å². The summed E-state index contributed by atoms with van der Waals surface area (Å²) >= 11 is 7.30. The highest BCUT2D eigenvalue weighted by molar-refractivity contribution is 7.15. The fraction of sp³-hybridized carbons (Fsp3) is 0.833. The molecule has 2 heterocycles. The van der Waals surface area contributed by atoms with E-state index in [9.17, 15) is 0 Å². The van der Waals surface area contributed by atoms with Crippen molar-refractivity contribution in [2.45, 2.75) is 45.6 Å². The van der Waals surface area contributed by atoms with E-state index in [1.165, 1.54) is 56.5 Å². The lowest BCUT2D eigenvalue weighted by atomic mass is 9.96. The van der Waals surface area contributed by atoms with Crippen LogP contribution in [-0.4, -0.2) is 28.2 Å². The van der Waals surface area contributed by atoms with Crippen molar-refractivity contribution in [1.29, 1.82) is 0 Å². The Balaban J connectivity index is 1.82. The van der Waals surface area contributed by atoms with Crippen molar-refractivity contribution in [2.24, 2.45) is 5.92 Å². The van der Waals surface area contributed by atoms with Crippen LogP contribution < -0.4 is 0 Å². The summed E-state index contributed by atoms with van der Waals surface area (Å²) < 4.78 is 0.554. The molecule has 2 rings (SSSR count). The van der Waals surface area contributed by atoms with E-state index >= 15 is 0 Å². The van der Waals surface area contributed by atoms with Gasteiger partial charge < -0.3 is 0 Å². The number of likely N-dealkylation sites (tertiary alicyclic amines) is 1. The summed E-state index contributed by atoms with van der Waals surface area (Å²) in [5, 5.41) is 8.99. The molecular formula is C12H20ClN3S. The molecule has 1 aromatic rings. The van der Waals surface area contributed by atoms with Crippen LogP contribution in [0.5, 0.6) is 0 Å². The maximum absolute atomic E-state index is 5.80. The summed E-state index contributed by atoms with van der Waals surface area (Å²) in [6.45, 7) is 5.59. The molecule has 1 aromatic heterocycles. The lowest BCUT2D eigenvalue weighted by Gasteiger charge is -2.18. The summed E-state index contributed by atoms with van der Waals surface area (Å²) in [5.74, 6) is 0.933. The molecular weight excluding hydrogens is 254 g/mol. The van der Waals surface area contributed by atoms with E-state index < -0.39 is 0 Å². The second kappa shape index (κ2) is 6.66. The molecule has 1 unspecified atom stereocenters. The third kappa shape index (κ3) is 4.19. The van der Waals surface area contributed by atoms with Gasteiger partial charge in [0.2, 0.25) is 4.47 Å². The average Bonchev–Trinajstić information content (AvgIpc) is 2.58. The van der Waals surface area contributed by atoms with Gasteiger partial charge in [-0.3, -0.25) is 4.90 Å². The van der Waals surface area contributed by atoms with Crippen molar-refractivity contribution < 1.29 is 0 Å². The topological polar surface area (TPSA) is 29.0 Å². The third-order valence-electron chi connectivity index (χ3n) is 3.44. The Kier molecular flexibility index (Phi) is 5.19. The molecule has 17 heavy (non-hydrogen) atoms. The van der Waals surface area contributed by atoms with E-state index in [0.29, 0.717) is 4.47 Å². The SMILES string of the molecule is CCCC1CCCN(Cc2nnc(Cl)s2)CC1. The molecule has 1 fully saturated rings. The highest BCUT2D eigenvalue weighted by Crippen LogP contribution is 2.23. The molecule has 0 spiro atoms. The quantitative estimate of drug-likeness (QED) is 0.839. The van der Waals surface area contributed by atoms with Gasteiger partial charge in [0, 0.05) is 0 Å².